The predicted octanol–water partition coefficient (Wildman–Crippen LogP) is 4.55. The molecule has 0 unspecified atom stereocenters. The lowest BCUT2D eigenvalue weighted by molar-refractivity contribution is -0.139. The third-order valence-electron chi connectivity index (χ3n) is 7.50. The van der Waals surface area contributed by atoms with Crippen molar-refractivity contribution in [3.63, 3.8) is 0 Å². The van der Waals surface area contributed by atoms with Gasteiger partial charge in [-0.05, 0) is 61.7 Å². The van der Waals surface area contributed by atoms with Crippen LogP contribution in [0.2, 0.25) is 5.02 Å². The topological polar surface area (TPSA) is 145 Å². The van der Waals surface area contributed by atoms with Crippen LogP contribution in [-0.2, 0) is 25.5 Å². The molecule has 1 aliphatic rings. The van der Waals surface area contributed by atoms with Gasteiger partial charge in [-0.25, -0.2) is 9.07 Å². The van der Waals surface area contributed by atoms with E-state index in [-0.39, 0.29) is 47.1 Å². The summed E-state index contributed by atoms with van der Waals surface area (Å²) in [5.41, 5.74) is 3.07. The number of anilines is 1. The molecular formula is C31H28ClFN6O5. The molecular weight excluding hydrogens is 591 g/mol. The molecule has 11 nitrogen and oxygen atoms in total. The molecule has 0 saturated carbocycles. The first kappa shape index (κ1) is 30.5. The van der Waals surface area contributed by atoms with Crippen molar-refractivity contribution >= 4 is 40.9 Å². The lowest BCUT2D eigenvalue weighted by atomic mass is 9.94. The molecule has 0 radical (unpaired) electrons. The standard InChI is InChI=1S/C31H28ClFN6O5/c1-16-26(40)10-9-22(35-31(43)29-17(2)39(38-37-29)25-6-4-5-21(32)28(25)33)24-15-19(11-12-34-24)20-8-7-18(14-27(41)44-3)13-23(20)36-30(16)42/h4-8,11-13,15-16,22H,9-10,14H2,1-3H3,(H,35,43)(H,36,42)/t16-,22+/m1/s1. The van der Waals surface area contributed by atoms with Gasteiger partial charge in [0.15, 0.2) is 11.5 Å². The smallest absolute Gasteiger partial charge is 0.309 e. The van der Waals surface area contributed by atoms with E-state index in [4.69, 9.17) is 16.3 Å². The Morgan fingerprint density at radius 3 is 2.75 bits per heavy atom. The van der Waals surface area contributed by atoms with Crippen molar-refractivity contribution in [2.45, 2.75) is 39.2 Å². The maximum Gasteiger partial charge on any atom is 0.309 e. The number of nitrogens with one attached hydrogen (secondary N) is 2. The number of hydrogen-bond donors (Lipinski definition) is 2. The van der Waals surface area contributed by atoms with Gasteiger partial charge in [0, 0.05) is 23.9 Å². The Balaban J connectivity index is 1.51. The SMILES string of the molecule is COC(=O)Cc1ccc2c(c1)NC(=O)[C@H](C)C(=O)CC[C@H](NC(=O)c1nnn(-c3cccc(Cl)c3F)c1C)c1cc-2ccn1. The van der Waals surface area contributed by atoms with Crippen LogP contribution in [0.4, 0.5) is 10.1 Å². The molecule has 0 aliphatic carbocycles. The summed E-state index contributed by atoms with van der Waals surface area (Å²) >= 11 is 5.92. The maximum atomic E-state index is 14.7. The summed E-state index contributed by atoms with van der Waals surface area (Å²) in [6, 6.07) is 12.4. The van der Waals surface area contributed by atoms with Crippen LogP contribution in [0.3, 0.4) is 0 Å². The zero-order valence-electron chi connectivity index (χ0n) is 24.1. The van der Waals surface area contributed by atoms with Gasteiger partial charge in [-0.3, -0.25) is 24.2 Å². The highest BCUT2D eigenvalue weighted by atomic mass is 35.5. The number of methoxy groups -OCH3 is 1. The number of Topliss-reactive ketones (excluding diaryl/α,β-unsaturated/α-hetero) is 1. The minimum absolute atomic E-state index is 0.00216. The highest BCUT2D eigenvalue weighted by Gasteiger charge is 2.28. The summed E-state index contributed by atoms with van der Waals surface area (Å²) in [7, 11) is 1.29. The van der Waals surface area contributed by atoms with Gasteiger partial charge < -0.3 is 15.4 Å². The second-order valence-electron chi connectivity index (χ2n) is 10.4. The van der Waals surface area contributed by atoms with Crippen LogP contribution >= 0.6 is 11.6 Å². The van der Waals surface area contributed by atoms with Crippen LogP contribution in [0, 0.1) is 18.7 Å². The lowest BCUT2D eigenvalue weighted by Crippen LogP contribution is -2.32. The number of nitrogens with zero attached hydrogens (tertiary/aromatic N) is 4. The molecule has 3 heterocycles. The van der Waals surface area contributed by atoms with Crippen LogP contribution in [-0.4, -0.2) is 50.7 Å². The number of amides is 2. The van der Waals surface area contributed by atoms with Crippen molar-refractivity contribution in [3.05, 3.63) is 88.2 Å². The number of benzene rings is 2. The number of ether oxygens (including phenoxy) is 1. The summed E-state index contributed by atoms with van der Waals surface area (Å²) in [5, 5.41) is 13.6. The lowest BCUT2D eigenvalue weighted by Gasteiger charge is -2.22. The van der Waals surface area contributed by atoms with Crippen LogP contribution in [0.1, 0.15) is 53.2 Å². The van der Waals surface area contributed by atoms with Gasteiger partial charge >= 0.3 is 5.97 Å². The van der Waals surface area contributed by atoms with E-state index in [2.05, 4.69) is 25.9 Å². The van der Waals surface area contributed by atoms with Crippen LogP contribution in [0.5, 0.6) is 0 Å². The second kappa shape index (κ2) is 12.7. The van der Waals surface area contributed by atoms with E-state index in [0.29, 0.717) is 28.1 Å². The molecule has 2 aromatic carbocycles. The van der Waals surface area contributed by atoms with E-state index < -0.39 is 35.6 Å². The number of ketones is 1. The Morgan fingerprint density at radius 1 is 1.18 bits per heavy atom. The predicted molar refractivity (Wildman–Crippen MR) is 159 cm³/mol. The Hall–Kier alpha value is -4.97. The monoisotopic (exact) mass is 618 g/mol. The van der Waals surface area contributed by atoms with Crippen molar-refractivity contribution in [1.29, 1.82) is 0 Å². The summed E-state index contributed by atoms with van der Waals surface area (Å²) in [5.74, 6) is -3.56. The van der Waals surface area contributed by atoms with Crippen molar-refractivity contribution in [2.75, 3.05) is 12.4 Å². The number of pyridine rings is 1. The highest BCUT2D eigenvalue weighted by molar-refractivity contribution is 6.30. The number of halogens is 2. The van der Waals surface area contributed by atoms with E-state index in [9.17, 15) is 23.6 Å². The first-order chi connectivity index (χ1) is 21.1. The maximum absolute atomic E-state index is 14.7. The average molecular weight is 619 g/mol. The van der Waals surface area contributed by atoms with E-state index in [0.717, 1.165) is 0 Å². The highest BCUT2D eigenvalue weighted by Crippen LogP contribution is 2.33. The summed E-state index contributed by atoms with van der Waals surface area (Å²) in [6.07, 6.45) is 1.69. The fraction of sp³-hybridized carbons (Fsp3) is 0.258. The number of aromatic nitrogens is 4. The van der Waals surface area contributed by atoms with Gasteiger partial charge in [-0.15, -0.1) is 5.10 Å². The van der Waals surface area contributed by atoms with Gasteiger partial charge in [0.05, 0.1) is 41.9 Å². The van der Waals surface area contributed by atoms with Crippen LogP contribution in [0.15, 0.2) is 54.7 Å². The minimum atomic E-state index is -0.982. The van der Waals surface area contributed by atoms with Crippen LogP contribution in [0.25, 0.3) is 16.8 Å². The van der Waals surface area contributed by atoms with E-state index >= 15 is 0 Å². The van der Waals surface area contributed by atoms with Gasteiger partial charge in [0.1, 0.15) is 11.5 Å². The molecule has 4 aromatic rings. The van der Waals surface area contributed by atoms with E-state index in [1.54, 1.807) is 49.5 Å². The number of hydrogen-bond acceptors (Lipinski definition) is 8. The van der Waals surface area contributed by atoms with Crippen molar-refractivity contribution in [1.82, 2.24) is 25.3 Å². The Bertz CT molecular complexity index is 1790. The average Bonchev–Trinajstić information content (AvgIpc) is 3.40. The first-order valence-electron chi connectivity index (χ1n) is 13.7. The van der Waals surface area contributed by atoms with Crippen molar-refractivity contribution < 1.29 is 28.3 Å². The molecule has 13 heteroatoms. The molecule has 0 fully saturated rings. The number of rotatable bonds is 5. The molecule has 2 amide bonds. The molecule has 0 saturated heterocycles. The molecule has 44 heavy (non-hydrogen) atoms. The van der Waals surface area contributed by atoms with Gasteiger partial charge in [0.2, 0.25) is 5.91 Å². The number of carbonyl (C=O) groups excluding carboxylic acids is 4. The quantitative estimate of drug-likeness (QED) is 0.245. The van der Waals surface area contributed by atoms with Gasteiger partial charge in [-0.2, -0.15) is 0 Å². The van der Waals surface area contributed by atoms with Crippen molar-refractivity contribution in [2.24, 2.45) is 5.92 Å². The van der Waals surface area contributed by atoms with E-state index in [1.165, 1.54) is 30.8 Å². The van der Waals surface area contributed by atoms with Crippen molar-refractivity contribution in [3.8, 4) is 16.8 Å². The Kier molecular flexibility index (Phi) is 8.81. The second-order valence-corrected chi connectivity index (χ2v) is 10.8. The molecule has 2 atom stereocenters. The summed E-state index contributed by atoms with van der Waals surface area (Å²) in [4.78, 5) is 56.0. The number of fused-ring (bicyclic) bond motifs is 4. The molecule has 2 N–H and O–H groups in total. The molecule has 2 aromatic heterocycles. The largest absolute Gasteiger partial charge is 0.469 e. The Morgan fingerprint density at radius 2 is 1.98 bits per heavy atom. The summed E-state index contributed by atoms with van der Waals surface area (Å²) < 4.78 is 20.6. The Labute approximate surface area is 256 Å². The third-order valence-corrected chi connectivity index (χ3v) is 7.79. The molecule has 5 rings (SSSR count). The van der Waals surface area contributed by atoms with Gasteiger partial charge in [-0.1, -0.05) is 35.0 Å². The molecule has 2 bridgehead atoms. The van der Waals surface area contributed by atoms with E-state index in [1.807, 2.05) is 0 Å². The summed E-state index contributed by atoms with van der Waals surface area (Å²) in [6.45, 7) is 3.09. The number of esters is 1. The van der Waals surface area contributed by atoms with Crippen LogP contribution < -0.4 is 10.6 Å². The molecule has 226 valence electrons. The minimum Gasteiger partial charge on any atom is -0.469 e. The molecule has 0 spiro atoms. The fourth-order valence-corrected chi connectivity index (χ4v) is 5.11. The number of carbonyl (C=O) groups is 4. The zero-order chi connectivity index (χ0) is 31.5. The van der Waals surface area contributed by atoms with Gasteiger partial charge in [0.25, 0.3) is 5.91 Å². The molecule has 1 aliphatic heterocycles. The first-order valence-corrected chi connectivity index (χ1v) is 14.1. The normalized spacial score (nSPS) is 16.7. The third kappa shape index (κ3) is 6.20. The zero-order valence-corrected chi connectivity index (χ0v) is 24.8. The fourth-order valence-electron chi connectivity index (χ4n) is 4.94.